The quantitative estimate of drug-likeness (QED) is 0.815. The maximum Gasteiger partial charge on any atom is 0.253 e. The number of nitrogens with two attached hydrogens (primary N) is 1. The standard InChI is InChI=1S/C16H26N4O.2ClH/c1-3-16(4-2,12-17)19-15(21)13-7-8-14(18-11-13)20-9-5-6-10-20;;/h7-8,11H,3-6,9-10,12,17H2,1-2H3,(H,19,21);2*1H. The molecule has 1 amide bonds. The van der Waals surface area contributed by atoms with Crippen molar-refractivity contribution < 1.29 is 4.79 Å². The Hall–Kier alpha value is -1.04. The van der Waals surface area contributed by atoms with Crippen molar-refractivity contribution in [1.29, 1.82) is 0 Å². The van der Waals surface area contributed by atoms with Crippen LogP contribution in [0.5, 0.6) is 0 Å². The summed E-state index contributed by atoms with van der Waals surface area (Å²) in [5.74, 6) is 0.866. The second kappa shape index (κ2) is 9.96. The Balaban J connectivity index is 0.00000242. The Morgan fingerprint density at radius 3 is 2.30 bits per heavy atom. The third-order valence-corrected chi connectivity index (χ3v) is 4.56. The fourth-order valence-electron chi connectivity index (χ4n) is 2.73. The van der Waals surface area contributed by atoms with Crippen LogP contribution in [0.1, 0.15) is 49.9 Å². The molecule has 1 aromatic rings. The van der Waals surface area contributed by atoms with Gasteiger partial charge in [0.1, 0.15) is 5.82 Å². The van der Waals surface area contributed by atoms with Gasteiger partial charge in [-0.15, -0.1) is 24.8 Å². The normalized spacial score (nSPS) is 14.0. The second-order valence-corrected chi connectivity index (χ2v) is 5.74. The van der Waals surface area contributed by atoms with Crippen LogP contribution in [0.3, 0.4) is 0 Å². The van der Waals surface area contributed by atoms with Crippen LogP contribution in [-0.4, -0.2) is 36.1 Å². The lowest BCUT2D eigenvalue weighted by atomic mass is 9.92. The van der Waals surface area contributed by atoms with Crippen LogP contribution in [0.2, 0.25) is 0 Å². The van der Waals surface area contributed by atoms with E-state index < -0.39 is 0 Å². The molecule has 132 valence electrons. The third kappa shape index (κ3) is 5.23. The first kappa shape index (κ1) is 22.0. The van der Waals surface area contributed by atoms with Gasteiger partial charge >= 0.3 is 0 Å². The Morgan fingerprint density at radius 2 is 1.87 bits per heavy atom. The van der Waals surface area contributed by atoms with Crippen LogP contribution in [0, 0.1) is 0 Å². The van der Waals surface area contributed by atoms with Crippen LogP contribution < -0.4 is 16.0 Å². The molecule has 0 atom stereocenters. The average molecular weight is 363 g/mol. The molecule has 0 unspecified atom stereocenters. The first-order valence-corrected chi connectivity index (χ1v) is 7.87. The van der Waals surface area contributed by atoms with Gasteiger partial charge in [-0.2, -0.15) is 0 Å². The zero-order chi connectivity index (χ0) is 15.3. The molecule has 0 bridgehead atoms. The fraction of sp³-hybridized carbons (Fsp3) is 0.625. The molecule has 7 heteroatoms. The summed E-state index contributed by atoms with van der Waals surface area (Å²) in [5.41, 5.74) is 6.11. The van der Waals surface area contributed by atoms with E-state index in [1.165, 1.54) is 12.8 Å². The Kier molecular flexibility index (Phi) is 9.51. The number of nitrogens with zero attached hydrogens (tertiary/aromatic N) is 2. The lowest BCUT2D eigenvalue weighted by Gasteiger charge is -2.31. The Morgan fingerprint density at radius 1 is 1.26 bits per heavy atom. The number of amides is 1. The predicted molar refractivity (Wildman–Crippen MR) is 100 cm³/mol. The predicted octanol–water partition coefficient (Wildman–Crippen LogP) is 2.77. The summed E-state index contributed by atoms with van der Waals surface area (Å²) < 4.78 is 0. The minimum Gasteiger partial charge on any atom is -0.357 e. The number of carbonyl (C=O) groups excluding carboxylic acids is 1. The molecule has 0 radical (unpaired) electrons. The molecule has 1 aromatic heterocycles. The zero-order valence-electron chi connectivity index (χ0n) is 13.9. The number of aromatic nitrogens is 1. The second-order valence-electron chi connectivity index (χ2n) is 5.74. The van der Waals surface area contributed by atoms with Gasteiger partial charge in [0.2, 0.25) is 0 Å². The highest BCUT2D eigenvalue weighted by Gasteiger charge is 2.27. The maximum atomic E-state index is 12.3. The molecule has 0 aromatic carbocycles. The van der Waals surface area contributed by atoms with Gasteiger partial charge in [0.05, 0.1) is 11.1 Å². The molecule has 2 rings (SSSR count). The van der Waals surface area contributed by atoms with Gasteiger partial charge in [-0.25, -0.2) is 4.98 Å². The number of carbonyl (C=O) groups is 1. The summed E-state index contributed by atoms with van der Waals surface area (Å²) in [7, 11) is 0. The highest BCUT2D eigenvalue weighted by atomic mass is 35.5. The number of nitrogens with one attached hydrogen (secondary N) is 1. The van der Waals surface area contributed by atoms with Gasteiger partial charge in [-0.1, -0.05) is 13.8 Å². The summed E-state index contributed by atoms with van der Waals surface area (Å²) in [6, 6.07) is 3.78. The molecule has 1 fully saturated rings. The average Bonchev–Trinajstić information content (AvgIpc) is 3.07. The van der Waals surface area contributed by atoms with Crippen LogP contribution in [-0.2, 0) is 0 Å². The monoisotopic (exact) mass is 362 g/mol. The minimum atomic E-state index is -0.315. The van der Waals surface area contributed by atoms with E-state index in [4.69, 9.17) is 5.73 Å². The summed E-state index contributed by atoms with van der Waals surface area (Å²) >= 11 is 0. The summed E-state index contributed by atoms with van der Waals surface area (Å²) in [4.78, 5) is 19.0. The molecule has 5 nitrogen and oxygen atoms in total. The first-order chi connectivity index (χ1) is 10.1. The number of anilines is 1. The number of rotatable bonds is 6. The van der Waals surface area contributed by atoms with E-state index in [2.05, 4.69) is 15.2 Å². The molecular formula is C16H28Cl2N4O. The van der Waals surface area contributed by atoms with E-state index in [1.54, 1.807) is 6.20 Å². The molecule has 2 heterocycles. The smallest absolute Gasteiger partial charge is 0.253 e. The first-order valence-electron chi connectivity index (χ1n) is 7.87. The molecule has 3 N–H and O–H groups in total. The van der Waals surface area contributed by atoms with Crippen LogP contribution >= 0.6 is 24.8 Å². The third-order valence-electron chi connectivity index (χ3n) is 4.56. The van der Waals surface area contributed by atoms with Gasteiger partial charge < -0.3 is 16.0 Å². The number of hydrogen-bond acceptors (Lipinski definition) is 4. The summed E-state index contributed by atoms with van der Waals surface area (Å²) in [6.07, 6.45) is 5.75. The number of pyridine rings is 1. The topological polar surface area (TPSA) is 71.2 Å². The summed E-state index contributed by atoms with van der Waals surface area (Å²) in [5, 5.41) is 3.07. The zero-order valence-corrected chi connectivity index (χ0v) is 15.5. The molecule has 23 heavy (non-hydrogen) atoms. The molecule has 0 spiro atoms. The molecular weight excluding hydrogens is 335 g/mol. The van der Waals surface area contributed by atoms with Gasteiger partial charge in [-0.3, -0.25) is 4.79 Å². The molecule has 0 saturated carbocycles. The van der Waals surface area contributed by atoms with Crippen molar-refractivity contribution >= 4 is 36.5 Å². The minimum absolute atomic E-state index is 0. The van der Waals surface area contributed by atoms with E-state index >= 15 is 0 Å². The van der Waals surface area contributed by atoms with E-state index in [1.807, 2.05) is 26.0 Å². The van der Waals surface area contributed by atoms with E-state index in [-0.39, 0.29) is 36.3 Å². The van der Waals surface area contributed by atoms with E-state index in [0.29, 0.717) is 12.1 Å². The highest BCUT2D eigenvalue weighted by molar-refractivity contribution is 5.94. The molecule has 1 aliphatic heterocycles. The van der Waals surface area contributed by atoms with Gasteiger partial charge in [0.25, 0.3) is 5.91 Å². The van der Waals surface area contributed by atoms with Crippen molar-refractivity contribution in [2.75, 3.05) is 24.5 Å². The van der Waals surface area contributed by atoms with Gasteiger partial charge in [0.15, 0.2) is 0 Å². The Labute approximate surface area is 151 Å². The summed E-state index contributed by atoms with van der Waals surface area (Å²) in [6.45, 7) is 6.66. The van der Waals surface area contributed by atoms with Crippen molar-refractivity contribution in [2.24, 2.45) is 5.73 Å². The van der Waals surface area contributed by atoms with Crippen molar-refractivity contribution in [2.45, 2.75) is 45.1 Å². The maximum absolute atomic E-state index is 12.3. The number of hydrogen-bond donors (Lipinski definition) is 2. The molecule has 1 aliphatic rings. The van der Waals surface area contributed by atoms with E-state index in [9.17, 15) is 4.79 Å². The Bertz CT molecular complexity index is 463. The lowest BCUT2D eigenvalue weighted by molar-refractivity contribution is 0.0895. The molecule has 0 aliphatic carbocycles. The van der Waals surface area contributed by atoms with Gasteiger partial charge in [0, 0.05) is 25.8 Å². The van der Waals surface area contributed by atoms with E-state index in [0.717, 1.165) is 31.7 Å². The SMILES string of the molecule is CCC(CC)(CN)NC(=O)c1ccc(N2CCCC2)nc1.Cl.Cl. The van der Waals surface area contributed by atoms with Crippen LogP contribution in [0.4, 0.5) is 5.82 Å². The van der Waals surface area contributed by atoms with Gasteiger partial charge in [-0.05, 0) is 37.8 Å². The molecule has 1 saturated heterocycles. The highest BCUT2D eigenvalue weighted by Crippen LogP contribution is 2.18. The fourth-order valence-corrected chi connectivity index (χ4v) is 2.73. The number of halogens is 2. The van der Waals surface area contributed by atoms with Crippen molar-refractivity contribution in [1.82, 2.24) is 10.3 Å². The van der Waals surface area contributed by atoms with Crippen molar-refractivity contribution in [3.05, 3.63) is 23.9 Å². The van der Waals surface area contributed by atoms with Crippen molar-refractivity contribution in [3.8, 4) is 0 Å². The van der Waals surface area contributed by atoms with Crippen molar-refractivity contribution in [3.63, 3.8) is 0 Å². The lowest BCUT2D eigenvalue weighted by Crippen LogP contribution is -2.52. The van der Waals surface area contributed by atoms with Crippen LogP contribution in [0.15, 0.2) is 18.3 Å². The largest absolute Gasteiger partial charge is 0.357 e. The van der Waals surface area contributed by atoms with Crippen LogP contribution in [0.25, 0.3) is 0 Å².